The van der Waals surface area contributed by atoms with Gasteiger partial charge in [0.1, 0.15) is 12.3 Å². The molecule has 1 aliphatic rings. The molecule has 0 radical (unpaired) electrons. The van der Waals surface area contributed by atoms with E-state index in [1.54, 1.807) is 0 Å². The first-order valence-electron chi connectivity index (χ1n) is 6.69. The summed E-state index contributed by atoms with van der Waals surface area (Å²) in [6.45, 7) is 0. The normalized spacial score (nSPS) is 21.9. The highest BCUT2D eigenvalue weighted by Crippen LogP contribution is 2.41. The van der Waals surface area contributed by atoms with Gasteiger partial charge in [0.2, 0.25) is 0 Å². The molecule has 98 valence electrons. The summed E-state index contributed by atoms with van der Waals surface area (Å²) in [6.07, 6.45) is 0.477. The van der Waals surface area contributed by atoms with Gasteiger partial charge in [0.25, 0.3) is 0 Å². The predicted octanol–water partition coefficient (Wildman–Crippen LogP) is 3.11. The van der Waals surface area contributed by atoms with Crippen molar-refractivity contribution in [1.29, 1.82) is 0 Å². The zero-order chi connectivity index (χ0) is 13.2. The molecule has 1 saturated heterocycles. The Morgan fingerprint density at radius 3 is 1.68 bits per heavy atom. The van der Waals surface area contributed by atoms with Crippen LogP contribution in [0.3, 0.4) is 0 Å². The van der Waals surface area contributed by atoms with Crippen LogP contribution in [-0.2, 0) is 4.74 Å². The summed E-state index contributed by atoms with van der Waals surface area (Å²) in [6, 6.07) is 21.2. The van der Waals surface area contributed by atoms with Gasteiger partial charge in [-0.3, -0.25) is 4.90 Å². The molecule has 0 spiro atoms. The van der Waals surface area contributed by atoms with Gasteiger partial charge >= 0.3 is 0 Å². The van der Waals surface area contributed by atoms with Crippen LogP contribution >= 0.6 is 0 Å². The molecule has 0 bridgehead atoms. The van der Waals surface area contributed by atoms with Gasteiger partial charge in [0, 0.05) is 5.92 Å². The summed E-state index contributed by atoms with van der Waals surface area (Å²) in [5, 5.41) is 0. The number of hydrogen-bond acceptors (Lipinski definition) is 2. The van der Waals surface area contributed by atoms with E-state index in [-0.39, 0.29) is 12.3 Å². The number of rotatable bonds is 4. The smallest absolute Gasteiger partial charge is 0.138 e. The number of benzene rings is 2. The highest BCUT2D eigenvalue weighted by atomic mass is 16.6. The molecule has 0 N–H and O–H groups in total. The molecule has 0 amide bonds. The molecule has 1 aliphatic heterocycles. The Labute approximate surface area is 114 Å². The molecule has 2 nitrogen and oxygen atoms in total. The van der Waals surface area contributed by atoms with E-state index in [1.807, 2.05) is 0 Å². The first-order chi connectivity index (χ1) is 9.27. The summed E-state index contributed by atoms with van der Waals surface area (Å²) < 4.78 is 5.88. The van der Waals surface area contributed by atoms with Crippen molar-refractivity contribution in [2.75, 3.05) is 14.1 Å². The largest absolute Gasteiger partial charge is 0.352 e. The summed E-state index contributed by atoms with van der Waals surface area (Å²) in [5.41, 5.74) is 2.64. The van der Waals surface area contributed by atoms with Crippen molar-refractivity contribution in [3.05, 3.63) is 71.8 Å². The van der Waals surface area contributed by atoms with Crippen LogP contribution in [0, 0.1) is 0 Å². The molecule has 0 aromatic heterocycles. The monoisotopic (exact) mass is 253 g/mol. The third-order valence-electron chi connectivity index (χ3n) is 3.66. The van der Waals surface area contributed by atoms with Gasteiger partial charge in [0.05, 0.1) is 0 Å². The predicted molar refractivity (Wildman–Crippen MR) is 77.1 cm³/mol. The fourth-order valence-corrected chi connectivity index (χ4v) is 2.67. The van der Waals surface area contributed by atoms with Crippen LogP contribution in [-0.4, -0.2) is 31.3 Å². The molecule has 2 atom stereocenters. The highest BCUT2D eigenvalue weighted by Gasteiger charge is 2.47. The Kier molecular flexibility index (Phi) is 3.36. The van der Waals surface area contributed by atoms with Crippen LogP contribution in [0.2, 0.25) is 0 Å². The van der Waals surface area contributed by atoms with Crippen molar-refractivity contribution in [3.8, 4) is 0 Å². The molecule has 2 aromatic rings. The second-order valence-electron chi connectivity index (χ2n) is 5.25. The number of hydrogen-bond donors (Lipinski definition) is 0. The van der Waals surface area contributed by atoms with Crippen molar-refractivity contribution in [3.63, 3.8) is 0 Å². The van der Waals surface area contributed by atoms with E-state index in [1.165, 1.54) is 11.1 Å². The van der Waals surface area contributed by atoms with E-state index >= 15 is 0 Å². The molecule has 3 rings (SSSR count). The minimum atomic E-state index is 0.227. The number of epoxide rings is 1. The van der Waals surface area contributed by atoms with Crippen LogP contribution in [0.15, 0.2) is 60.7 Å². The zero-order valence-corrected chi connectivity index (χ0v) is 11.4. The molecule has 0 saturated carbocycles. The molecule has 2 heteroatoms. The lowest BCUT2D eigenvalue weighted by Gasteiger charge is -2.17. The molecule has 19 heavy (non-hydrogen) atoms. The second kappa shape index (κ2) is 5.16. The van der Waals surface area contributed by atoms with E-state index < -0.39 is 0 Å². The van der Waals surface area contributed by atoms with Crippen molar-refractivity contribution in [2.24, 2.45) is 0 Å². The Morgan fingerprint density at radius 2 is 1.32 bits per heavy atom. The number of likely N-dealkylation sites (N-methyl/N-ethyl adjacent to an activating group) is 1. The highest BCUT2D eigenvalue weighted by molar-refractivity contribution is 5.35. The third-order valence-corrected chi connectivity index (χ3v) is 3.66. The molecule has 2 aromatic carbocycles. The van der Waals surface area contributed by atoms with E-state index in [4.69, 9.17) is 4.74 Å². The third kappa shape index (κ3) is 2.55. The first kappa shape index (κ1) is 12.4. The summed E-state index contributed by atoms with van der Waals surface area (Å²) in [7, 11) is 4.13. The lowest BCUT2D eigenvalue weighted by molar-refractivity contribution is 0.243. The lowest BCUT2D eigenvalue weighted by atomic mass is 9.88. The summed E-state index contributed by atoms with van der Waals surface area (Å²) in [5.74, 6) is 0.315. The minimum Gasteiger partial charge on any atom is -0.352 e. The van der Waals surface area contributed by atoms with Crippen molar-refractivity contribution < 1.29 is 4.74 Å². The lowest BCUT2D eigenvalue weighted by Crippen LogP contribution is -2.21. The van der Waals surface area contributed by atoms with Crippen LogP contribution < -0.4 is 0 Å². The first-order valence-corrected chi connectivity index (χ1v) is 6.69. The Balaban J connectivity index is 1.94. The van der Waals surface area contributed by atoms with Gasteiger partial charge in [-0.25, -0.2) is 0 Å². The van der Waals surface area contributed by atoms with E-state index in [2.05, 4.69) is 79.7 Å². The minimum absolute atomic E-state index is 0.227. The molecule has 1 heterocycles. The maximum Gasteiger partial charge on any atom is 0.138 e. The van der Waals surface area contributed by atoms with Crippen LogP contribution in [0.5, 0.6) is 0 Å². The van der Waals surface area contributed by atoms with Crippen molar-refractivity contribution >= 4 is 0 Å². The van der Waals surface area contributed by atoms with E-state index in [9.17, 15) is 0 Å². The summed E-state index contributed by atoms with van der Waals surface area (Å²) in [4.78, 5) is 2.14. The van der Waals surface area contributed by atoms with Gasteiger partial charge < -0.3 is 4.74 Å². The van der Waals surface area contributed by atoms with Crippen molar-refractivity contribution in [2.45, 2.75) is 18.2 Å². The van der Waals surface area contributed by atoms with E-state index in [0.717, 1.165) is 0 Å². The van der Waals surface area contributed by atoms with Crippen LogP contribution in [0.4, 0.5) is 0 Å². The maximum absolute atomic E-state index is 5.88. The molecule has 2 unspecified atom stereocenters. The molecular formula is C17H19NO. The average molecular weight is 253 g/mol. The number of ether oxygens (including phenoxy) is 1. The Hall–Kier alpha value is -1.64. The summed E-state index contributed by atoms with van der Waals surface area (Å²) >= 11 is 0. The fraction of sp³-hybridized carbons (Fsp3) is 0.294. The molecular weight excluding hydrogens is 234 g/mol. The van der Waals surface area contributed by atoms with Crippen LogP contribution in [0.25, 0.3) is 0 Å². The van der Waals surface area contributed by atoms with Crippen LogP contribution in [0.1, 0.15) is 17.0 Å². The average Bonchev–Trinajstić information content (AvgIpc) is 3.22. The van der Waals surface area contributed by atoms with Gasteiger partial charge in [-0.15, -0.1) is 0 Å². The van der Waals surface area contributed by atoms with E-state index in [0.29, 0.717) is 5.92 Å². The Morgan fingerprint density at radius 1 is 0.842 bits per heavy atom. The van der Waals surface area contributed by atoms with Gasteiger partial charge in [-0.05, 0) is 25.2 Å². The molecule has 1 fully saturated rings. The zero-order valence-electron chi connectivity index (χ0n) is 11.4. The van der Waals surface area contributed by atoms with Gasteiger partial charge in [-0.1, -0.05) is 60.7 Å². The second-order valence-corrected chi connectivity index (χ2v) is 5.25. The maximum atomic E-state index is 5.88. The standard InChI is InChI=1S/C17H19NO/c1-18(2)17-16(19-17)15(13-9-5-3-6-10-13)14-11-7-4-8-12-14/h3-12,15-17H,1-2H3. The number of nitrogens with zero attached hydrogens (tertiary/aromatic N) is 1. The van der Waals surface area contributed by atoms with Gasteiger partial charge in [0.15, 0.2) is 0 Å². The van der Waals surface area contributed by atoms with Gasteiger partial charge in [-0.2, -0.15) is 0 Å². The SMILES string of the molecule is CN(C)C1OC1C(c1ccccc1)c1ccccc1. The quantitative estimate of drug-likeness (QED) is 0.778. The van der Waals surface area contributed by atoms with Crippen molar-refractivity contribution in [1.82, 2.24) is 4.90 Å². The fourth-order valence-electron chi connectivity index (χ4n) is 2.67. The Bertz CT molecular complexity index is 484. The molecule has 0 aliphatic carbocycles. The topological polar surface area (TPSA) is 15.8 Å².